The van der Waals surface area contributed by atoms with Gasteiger partial charge in [-0.2, -0.15) is 0 Å². The molecule has 2 rings (SSSR count). The summed E-state index contributed by atoms with van der Waals surface area (Å²) in [5.41, 5.74) is 0.868. The van der Waals surface area contributed by atoms with Crippen LogP contribution in [0.2, 0.25) is 4.34 Å². The Morgan fingerprint density at radius 2 is 2.12 bits per heavy atom. The minimum Gasteiger partial charge on any atom is -0.368 e. The van der Waals surface area contributed by atoms with E-state index >= 15 is 0 Å². The molecule has 2 aromatic rings. The Morgan fingerprint density at radius 1 is 1.31 bits per heavy atom. The van der Waals surface area contributed by atoms with Crippen molar-refractivity contribution < 1.29 is 0 Å². The first-order chi connectivity index (χ1) is 7.81. The van der Waals surface area contributed by atoms with Crippen molar-refractivity contribution in [1.82, 2.24) is 9.97 Å². The standard InChI is InChI=1S/C11H12ClN3S/c1-2-5-14-11-10(13-6-7-15-11)8-3-4-9(12)16-8/h3-4,6-7H,2,5H2,1H3,(H,14,15). The summed E-state index contributed by atoms with van der Waals surface area (Å²) < 4.78 is 0.766. The number of hydrogen-bond acceptors (Lipinski definition) is 4. The van der Waals surface area contributed by atoms with Crippen molar-refractivity contribution in [2.75, 3.05) is 11.9 Å². The van der Waals surface area contributed by atoms with Crippen molar-refractivity contribution in [3.8, 4) is 10.6 Å². The summed E-state index contributed by atoms with van der Waals surface area (Å²) in [6.45, 7) is 3.01. The maximum Gasteiger partial charge on any atom is 0.153 e. The number of nitrogens with one attached hydrogen (secondary N) is 1. The molecule has 0 bridgehead atoms. The van der Waals surface area contributed by atoms with E-state index in [0.29, 0.717) is 0 Å². The quantitative estimate of drug-likeness (QED) is 0.903. The number of halogens is 1. The molecule has 0 aromatic carbocycles. The highest BCUT2D eigenvalue weighted by Crippen LogP contribution is 2.32. The predicted molar refractivity (Wildman–Crippen MR) is 69.1 cm³/mol. The van der Waals surface area contributed by atoms with Gasteiger partial charge in [0.25, 0.3) is 0 Å². The van der Waals surface area contributed by atoms with Gasteiger partial charge in [0.15, 0.2) is 5.82 Å². The Morgan fingerprint density at radius 3 is 2.81 bits per heavy atom. The highest BCUT2D eigenvalue weighted by molar-refractivity contribution is 7.19. The van der Waals surface area contributed by atoms with E-state index in [0.717, 1.165) is 33.7 Å². The summed E-state index contributed by atoms with van der Waals surface area (Å²) in [5.74, 6) is 0.822. The lowest BCUT2D eigenvalue weighted by molar-refractivity contribution is 0.966. The Balaban J connectivity index is 2.32. The van der Waals surface area contributed by atoms with Gasteiger partial charge in [0, 0.05) is 18.9 Å². The van der Waals surface area contributed by atoms with Crippen LogP contribution in [0, 0.1) is 0 Å². The van der Waals surface area contributed by atoms with E-state index < -0.39 is 0 Å². The van der Waals surface area contributed by atoms with Gasteiger partial charge in [0.05, 0.1) is 9.21 Å². The fraction of sp³-hybridized carbons (Fsp3) is 0.273. The average Bonchev–Trinajstić information content (AvgIpc) is 2.73. The third-order valence-electron chi connectivity index (χ3n) is 2.05. The molecule has 2 heterocycles. The fourth-order valence-electron chi connectivity index (χ4n) is 1.33. The van der Waals surface area contributed by atoms with Gasteiger partial charge < -0.3 is 5.32 Å². The molecule has 1 N–H and O–H groups in total. The number of aromatic nitrogens is 2. The number of anilines is 1. The summed E-state index contributed by atoms with van der Waals surface area (Å²) in [5, 5.41) is 3.26. The maximum absolute atomic E-state index is 5.92. The van der Waals surface area contributed by atoms with E-state index in [4.69, 9.17) is 11.6 Å². The van der Waals surface area contributed by atoms with Crippen LogP contribution in [0.4, 0.5) is 5.82 Å². The molecule has 0 spiro atoms. The van der Waals surface area contributed by atoms with Crippen molar-refractivity contribution in [1.29, 1.82) is 0 Å². The number of rotatable bonds is 4. The number of nitrogens with zero attached hydrogens (tertiary/aromatic N) is 2. The largest absolute Gasteiger partial charge is 0.368 e. The second kappa shape index (κ2) is 5.27. The molecular weight excluding hydrogens is 242 g/mol. The van der Waals surface area contributed by atoms with Crippen molar-refractivity contribution in [3.05, 3.63) is 28.9 Å². The van der Waals surface area contributed by atoms with Crippen LogP contribution >= 0.6 is 22.9 Å². The minimum atomic E-state index is 0.766. The molecule has 0 unspecified atom stereocenters. The van der Waals surface area contributed by atoms with Crippen LogP contribution < -0.4 is 5.32 Å². The molecule has 0 fully saturated rings. The second-order valence-electron chi connectivity index (χ2n) is 3.28. The Labute approximate surface area is 104 Å². The van der Waals surface area contributed by atoms with Crippen molar-refractivity contribution in [2.45, 2.75) is 13.3 Å². The monoisotopic (exact) mass is 253 g/mol. The van der Waals surface area contributed by atoms with Crippen LogP contribution in [0.1, 0.15) is 13.3 Å². The summed E-state index contributed by atoms with van der Waals surface area (Å²) in [4.78, 5) is 9.67. The van der Waals surface area contributed by atoms with E-state index in [1.54, 1.807) is 12.4 Å². The molecule has 0 aliphatic rings. The van der Waals surface area contributed by atoms with Gasteiger partial charge in [-0.15, -0.1) is 11.3 Å². The lowest BCUT2D eigenvalue weighted by Crippen LogP contribution is -2.04. The number of hydrogen-bond donors (Lipinski definition) is 1. The van der Waals surface area contributed by atoms with Gasteiger partial charge in [-0.3, -0.25) is 0 Å². The molecule has 0 aliphatic heterocycles. The van der Waals surface area contributed by atoms with Crippen LogP contribution in [-0.2, 0) is 0 Å². The summed E-state index contributed by atoms with van der Waals surface area (Å²) in [6.07, 6.45) is 4.44. The molecule has 0 saturated heterocycles. The van der Waals surface area contributed by atoms with Crippen molar-refractivity contribution >= 4 is 28.8 Å². The molecule has 84 valence electrons. The van der Waals surface area contributed by atoms with Gasteiger partial charge in [0.1, 0.15) is 5.69 Å². The maximum atomic E-state index is 5.92. The molecule has 2 aromatic heterocycles. The first-order valence-corrected chi connectivity index (χ1v) is 6.31. The van der Waals surface area contributed by atoms with E-state index in [9.17, 15) is 0 Å². The molecular formula is C11H12ClN3S. The van der Waals surface area contributed by atoms with Crippen LogP contribution in [0.25, 0.3) is 10.6 Å². The Hall–Kier alpha value is -1.13. The lowest BCUT2D eigenvalue weighted by Gasteiger charge is -2.07. The lowest BCUT2D eigenvalue weighted by atomic mass is 10.3. The Bertz CT molecular complexity index is 470. The van der Waals surface area contributed by atoms with Gasteiger partial charge in [0.2, 0.25) is 0 Å². The van der Waals surface area contributed by atoms with Crippen LogP contribution in [0.15, 0.2) is 24.5 Å². The van der Waals surface area contributed by atoms with Gasteiger partial charge in [-0.1, -0.05) is 18.5 Å². The SMILES string of the molecule is CCCNc1nccnc1-c1ccc(Cl)s1. The van der Waals surface area contributed by atoms with E-state index in [1.807, 2.05) is 12.1 Å². The summed E-state index contributed by atoms with van der Waals surface area (Å²) in [7, 11) is 0. The van der Waals surface area contributed by atoms with Gasteiger partial charge >= 0.3 is 0 Å². The third kappa shape index (κ3) is 2.51. The van der Waals surface area contributed by atoms with E-state index in [1.165, 1.54) is 11.3 Å². The third-order valence-corrected chi connectivity index (χ3v) is 3.29. The normalized spacial score (nSPS) is 10.4. The summed E-state index contributed by atoms with van der Waals surface area (Å²) >= 11 is 7.43. The topological polar surface area (TPSA) is 37.8 Å². The molecule has 0 amide bonds. The molecule has 0 aliphatic carbocycles. The summed E-state index contributed by atoms with van der Waals surface area (Å²) in [6, 6.07) is 3.84. The first kappa shape index (κ1) is 11.4. The zero-order valence-corrected chi connectivity index (χ0v) is 10.5. The van der Waals surface area contributed by atoms with E-state index in [-0.39, 0.29) is 0 Å². The van der Waals surface area contributed by atoms with Crippen molar-refractivity contribution in [2.24, 2.45) is 0 Å². The van der Waals surface area contributed by atoms with Gasteiger partial charge in [-0.25, -0.2) is 9.97 Å². The highest BCUT2D eigenvalue weighted by atomic mass is 35.5. The molecule has 16 heavy (non-hydrogen) atoms. The average molecular weight is 254 g/mol. The zero-order valence-electron chi connectivity index (χ0n) is 8.90. The smallest absolute Gasteiger partial charge is 0.153 e. The van der Waals surface area contributed by atoms with Crippen molar-refractivity contribution in [3.63, 3.8) is 0 Å². The first-order valence-electron chi connectivity index (χ1n) is 5.12. The van der Waals surface area contributed by atoms with Crippen LogP contribution in [-0.4, -0.2) is 16.5 Å². The fourth-order valence-corrected chi connectivity index (χ4v) is 2.37. The van der Waals surface area contributed by atoms with E-state index in [2.05, 4.69) is 22.2 Å². The number of thiophene rings is 1. The zero-order chi connectivity index (χ0) is 11.4. The molecule has 0 atom stereocenters. The molecule has 3 nitrogen and oxygen atoms in total. The second-order valence-corrected chi connectivity index (χ2v) is 5.00. The van der Waals surface area contributed by atoms with Crippen LogP contribution in [0.3, 0.4) is 0 Å². The Kier molecular flexibility index (Phi) is 3.74. The predicted octanol–water partition coefficient (Wildman–Crippen LogP) is 3.68. The molecule has 0 saturated carbocycles. The molecule has 5 heteroatoms. The van der Waals surface area contributed by atoms with Crippen LogP contribution in [0.5, 0.6) is 0 Å². The highest BCUT2D eigenvalue weighted by Gasteiger charge is 2.09. The minimum absolute atomic E-state index is 0.766. The van der Waals surface area contributed by atoms with Gasteiger partial charge in [-0.05, 0) is 18.6 Å². The molecule has 0 radical (unpaired) electrons.